The van der Waals surface area contributed by atoms with Crippen molar-refractivity contribution in [2.24, 2.45) is 11.6 Å². The van der Waals surface area contributed by atoms with Gasteiger partial charge in [0, 0.05) is 5.56 Å². The Labute approximate surface area is 120 Å². The van der Waals surface area contributed by atoms with Crippen molar-refractivity contribution in [3.63, 3.8) is 0 Å². The van der Waals surface area contributed by atoms with Crippen LogP contribution in [-0.2, 0) is 0 Å². The average Bonchev–Trinajstić information content (AvgIpc) is 2.48. The van der Waals surface area contributed by atoms with E-state index in [1.807, 2.05) is 6.07 Å². The maximum Gasteiger partial charge on any atom is 0.0795 e. The van der Waals surface area contributed by atoms with E-state index in [0.717, 1.165) is 36.2 Å². The number of fused-ring (bicyclic) bond motifs is 2. The Bertz CT molecular complexity index is 623. The second kappa shape index (κ2) is 5.17. The fourth-order valence-corrected chi connectivity index (χ4v) is 3.23. The molecule has 0 heterocycles. The molecule has 0 amide bonds. The van der Waals surface area contributed by atoms with Crippen LogP contribution in [0.5, 0.6) is 0 Å². The molecule has 0 aliphatic heterocycles. The summed E-state index contributed by atoms with van der Waals surface area (Å²) in [5, 5.41) is 0. The fraction of sp³-hybridized carbons (Fsp3) is 0.294. The van der Waals surface area contributed by atoms with Crippen LogP contribution in [0.3, 0.4) is 0 Å². The van der Waals surface area contributed by atoms with Crippen molar-refractivity contribution >= 4 is 5.70 Å². The van der Waals surface area contributed by atoms with Crippen LogP contribution in [0, 0.1) is 0 Å². The van der Waals surface area contributed by atoms with Gasteiger partial charge in [-0.1, -0.05) is 43.3 Å². The van der Waals surface area contributed by atoms with E-state index in [0.29, 0.717) is 5.92 Å². The van der Waals surface area contributed by atoms with Crippen molar-refractivity contribution in [3.05, 3.63) is 64.4 Å². The molecule has 5 N–H and O–H groups in total. The van der Waals surface area contributed by atoms with E-state index in [-0.39, 0.29) is 0 Å². The standard InChI is InChI=1S/C17H21N3/c1-11-10-12-6-2-3-8-14(12)17(20-19)16(18)15-9-5-4-7-13(11)15/h4-9,11,20H,2-3,10,18-19H2,1H3/b17-16-. The fourth-order valence-electron chi connectivity index (χ4n) is 3.23. The highest BCUT2D eigenvalue weighted by atomic mass is 15.2. The topological polar surface area (TPSA) is 64.1 Å². The number of hydrogen-bond donors (Lipinski definition) is 3. The number of benzene rings is 1. The lowest BCUT2D eigenvalue weighted by Crippen LogP contribution is -2.28. The maximum atomic E-state index is 6.41. The summed E-state index contributed by atoms with van der Waals surface area (Å²) >= 11 is 0. The highest BCUT2D eigenvalue weighted by molar-refractivity contribution is 5.75. The van der Waals surface area contributed by atoms with Crippen molar-refractivity contribution in [1.29, 1.82) is 0 Å². The molecule has 1 aromatic rings. The summed E-state index contributed by atoms with van der Waals surface area (Å²) in [6.45, 7) is 2.26. The van der Waals surface area contributed by atoms with Crippen molar-refractivity contribution in [3.8, 4) is 0 Å². The van der Waals surface area contributed by atoms with Crippen LogP contribution < -0.4 is 17.0 Å². The SMILES string of the molecule is CC1CC2=CCCC=C2/C(NN)=C(/N)c2ccccc21. The van der Waals surface area contributed by atoms with Gasteiger partial charge < -0.3 is 11.2 Å². The molecule has 3 rings (SSSR count). The Balaban J connectivity index is 2.25. The molecule has 0 saturated heterocycles. The molecule has 0 spiro atoms. The van der Waals surface area contributed by atoms with Gasteiger partial charge in [-0.2, -0.15) is 0 Å². The summed E-state index contributed by atoms with van der Waals surface area (Å²) in [5.74, 6) is 6.21. The second-order valence-corrected chi connectivity index (χ2v) is 5.55. The normalized spacial score (nSPS) is 25.6. The highest BCUT2D eigenvalue weighted by Gasteiger charge is 2.24. The lowest BCUT2D eigenvalue weighted by Gasteiger charge is -2.28. The van der Waals surface area contributed by atoms with Gasteiger partial charge in [-0.3, -0.25) is 5.84 Å². The summed E-state index contributed by atoms with van der Waals surface area (Å²) in [5.41, 5.74) is 15.8. The summed E-state index contributed by atoms with van der Waals surface area (Å²) in [4.78, 5) is 0. The number of allylic oxidation sites excluding steroid dienone is 3. The van der Waals surface area contributed by atoms with E-state index in [1.54, 1.807) is 0 Å². The lowest BCUT2D eigenvalue weighted by atomic mass is 9.80. The minimum Gasteiger partial charge on any atom is -0.397 e. The van der Waals surface area contributed by atoms with Gasteiger partial charge in [-0.15, -0.1) is 0 Å². The zero-order chi connectivity index (χ0) is 14.1. The molecule has 20 heavy (non-hydrogen) atoms. The first kappa shape index (κ1) is 13.0. The molecule has 0 fully saturated rings. The van der Waals surface area contributed by atoms with Crippen LogP contribution in [0.2, 0.25) is 0 Å². The van der Waals surface area contributed by atoms with E-state index in [1.165, 1.54) is 16.7 Å². The van der Waals surface area contributed by atoms with E-state index in [9.17, 15) is 0 Å². The molecular weight excluding hydrogens is 246 g/mol. The third-order valence-corrected chi connectivity index (χ3v) is 4.24. The van der Waals surface area contributed by atoms with Crippen LogP contribution >= 0.6 is 0 Å². The average molecular weight is 267 g/mol. The zero-order valence-corrected chi connectivity index (χ0v) is 11.8. The number of nitrogens with one attached hydrogen (secondary N) is 1. The smallest absolute Gasteiger partial charge is 0.0795 e. The van der Waals surface area contributed by atoms with Crippen LogP contribution in [0.25, 0.3) is 5.70 Å². The molecular formula is C17H21N3. The predicted molar refractivity (Wildman–Crippen MR) is 83.3 cm³/mol. The number of hydrogen-bond acceptors (Lipinski definition) is 3. The molecule has 0 saturated carbocycles. The molecule has 2 aliphatic carbocycles. The maximum absolute atomic E-state index is 6.41. The first-order valence-corrected chi connectivity index (χ1v) is 7.18. The first-order valence-electron chi connectivity index (χ1n) is 7.18. The molecule has 3 nitrogen and oxygen atoms in total. The van der Waals surface area contributed by atoms with E-state index in [4.69, 9.17) is 11.6 Å². The van der Waals surface area contributed by atoms with Crippen molar-refractivity contribution in [2.75, 3.05) is 0 Å². The van der Waals surface area contributed by atoms with Crippen molar-refractivity contribution in [1.82, 2.24) is 5.43 Å². The molecule has 0 aromatic heterocycles. The van der Waals surface area contributed by atoms with Gasteiger partial charge in [0.15, 0.2) is 0 Å². The third kappa shape index (κ3) is 2.04. The Morgan fingerprint density at radius 1 is 1.15 bits per heavy atom. The molecule has 3 heteroatoms. The van der Waals surface area contributed by atoms with Gasteiger partial charge in [0.2, 0.25) is 0 Å². The van der Waals surface area contributed by atoms with Crippen LogP contribution in [-0.4, -0.2) is 0 Å². The van der Waals surface area contributed by atoms with E-state index < -0.39 is 0 Å². The van der Waals surface area contributed by atoms with Gasteiger partial charge in [0.05, 0.1) is 11.4 Å². The minimum absolute atomic E-state index is 0.455. The first-order chi connectivity index (χ1) is 9.72. The van der Waals surface area contributed by atoms with Crippen molar-refractivity contribution < 1.29 is 0 Å². The van der Waals surface area contributed by atoms with Crippen LogP contribution in [0.4, 0.5) is 0 Å². The largest absolute Gasteiger partial charge is 0.397 e. The molecule has 0 bridgehead atoms. The van der Waals surface area contributed by atoms with Gasteiger partial charge in [-0.25, -0.2) is 0 Å². The number of nitrogens with two attached hydrogens (primary N) is 2. The molecule has 1 aromatic carbocycles. The predicted octanol–water partition coefficient (Wildman–Crippen LogP) is 2.93. The molecule has 0 radical (unpaired) electrons. The van der Waals surface area contributed by atoms with E-state index in [2.05, 4.69) is 42.7 Å². The molecule has 104 valence electrons. The number of hydrazine groups is 1. The highest BCUT2D eigenvalue weighted by Crippen LogP contribution is 2.38. The summed E-state index contributed by atoms with van der Waals surface area (Å²) < 4.78 is 0. The Kier molecular flexibility index (Phi) is 3.36. The minimum atomic E-state index is 0.455. The quantitative estimate of drug-likeness (QED) is 0.541. The number of rotatable bonds is 1. The lowest BCUT2D eigenvalue weighted by molar-refractivity contribution is 0.731. The van der Waals surface area contributed by atoms with E-state index >= 15 is 0 Å². The summed E-state index contributed by atoms with van der Waals surface area (Å²) in [6, 6.07) is 8.35. The third-order valence-electron chi connectivity index (χ3n) is 4.24. The van der Waals surface area contributed by atoms with Crippen molar-refractivity contribution in [2.45, 2.75) is 32.1 Å². The van der Waals surface area contributed by atoms with Gasteiger partial charge in [0.25, 0.3) is 0 Å². The van der Waals surface area contributed by atoms with Gasteiger partial charge in [-0.05, 0) is 41.9 Å². The molecule has 1 unspecified atom stereocenters. The molecule has 2 aliphatic rings. The Hall–Kier alpha value is -2.00. The zero-order valence-electron chi connectivity index (χ0n) is 11.8. The summed E-state index contributed by atoms with van der Waals surface area (Å²) in [7, 11) is 0. The van der Waals surface area contributed by atoms with Crippen LogP contribution in [0.15, 0.2) is 53.3 Å². The molecule has 1 atom stereocenters. The van der Waals surface area contributed by atoms with Gasteiger partial charge in [0.1, 0.15) is 0 Å². The second-order valence-electron chi connectivity index (χ2n) is 5.55. The Morgan fingerprint density at radius 3 is 2.70 bits per heavy atom. The van der Waals surface area contributed by atoms with Gasteiger partial charge >= 0.3 is 0 Å². The van der Waals surface area contributed by atoms with Crippen LogP contribution in [0.1, 0.15) is 43.2 Å². The Morgan fingerprint density at radius 2 is 1.90 bits per heavy atom. The summed E-state index contributed by atoms with van der Waals surface area (Å²) in [6.07, 6.45) is 7.75. The monoisotopic (exact) mass is 267 g/mol.